The van der Waals surface area contributed by atoms with Gasteiger partial charge in [-0.25, -0.2) is 0 Å². The van der Waals surface area contributed by atoms with E-state index in [2.05, 4.69) is 60.9 Å². The van der Waals surface area contributed by atoms with Crippen molar-refractivity contribution in [3.8, 4) is 0 Å². The van der Waals surface area contributed by atoms with Crippen LogP contribution in [0.4, 0.5) is 0 Å². The fourth-order valence-electron chi connectivity index (χ4n) is 4.35. The summed E-state index contributed by atoms with van der Waals surface area (Å²) in [5.41, 5.74) is 2.95. The van der Waals surface area contributed by atoms with Crippen molar-refractivity contribution in [1.29, 1.82) is 0 Å². The molecule has 24 heavy (non-hydrogen) atoms. The zero-order valence-corrected chi connectivity index (χ0v) is 14.6. The van der Waals surface area contributed by atoms with Crippen LogP contribution in [0, 0.1) is 5.92 Å². The zero-order valence-electron chi connectivity index (χ0n) is 14.6. The van der Waals surface area contributed by atoms with Crippen molar-refractivity contribution in [2.45, 2.75) is 39.0 Å². The minimum atomic E-state index is -0.349. The smallest absolute Gasteiger partial charge is 0.256 e. The van der Waals surface area contributed by atoms with Gasteiger partial charge in [-0.2, -0.15) is 0 Å². The van der Waals surface area contributed by atoms with Crippen LogP contribution in [0.5, 0.6) is 0 Å². The summed E-state index contributed by atoms with van der Waals surface area (Å²) in [5, 5.41) is 0. The van der Waals surface area contributed by atoms with Gasteiger partial charge in [0, 0.05) is 30.3 Å². The third kappa shape index (κ3) is 2.04. The standard InChI is InChI=1S/C21H24N2O/c1-15(2)19-14-22(13-16-9-5-4-6-10-16)21(3)18-12-8-7-11-17(18)20(24)23(19)21/h4-12,15,19H,13-14H2,1-3H3/t19-,21+/m1/s1. The molecule has 0 saturated carbocycles. The predicted molar refractivity (Wildman–Crippen MR) is 95.4 cm³/mol. The molecule has 0 unspecified atom stereocenters. The summed E-state index contributed by atoms with van der Waals surface area (Å²) in [4.78, 5) is 17.7. The maximum atomic E-state index is 13.1. The van der Waals surface area contributed by atoms with Crippen LogP contribution in [-0.2, 0) is 12.2 Å². The number of fused-ring (bicyclic) bond motifs is 3. The first-order valence-electron chi connectivity index (χ1n) is 8.75. The Morgan fingerprint density at radius 1 is 1.08 bits per heavy atom. The minimum absolute atomic E-state index is 0.183. The van der Waals surface area contributed by atoms with Gasteiger partial charge >= 0.3 is 0 Å². The molecule has 124 valence electrons. The summed E-state index contributed by atoms with van der Waals surface area (Å²) in [6.45, 7) is 8.42. The largest absolute Gasteiger partial charge is 0.312 e. The highest BCUT2D eigenvalue weighted by atomic mass is 16.2. The van der Waals surface area contributed by atoms with E-state index >= 15 is 0 Å². The lowest BCUT2D eigenvalue weighted by atomic mass is 9.98. The van der Waals surface area contributed by atoms with Gasteiger partial charge in [-0.1, -0.05) is 62.4 Å². The average molecular weight is 320 g/mol. The molecule has 0 radical (unpaired) electrons. The molecular weight excluding hydrogens is 296 g/mol. The number of hydrogen-bond acceptors (Lipinski definition) is 2. The molecule has 2 atom stereocenters. The molecule has 3 heteroatoms. The van der Waals surface area contributed by atoms with E-state index in [4.69, 9.17) is 0 Å². The summed E-state index contributed by atoms with van der Waals surface area (Å²) >= 11 is 0. The second kappa shape index (κ2) is 5.45. The van der Waals surface area contributed by atoms with Crippen LogP contribution in [-0.4, -0.2) is 28.3 Å². The van der Waals surface area contributed by atoms with Gasteiger partial charge < -0.3 is 4.90 Å². The summed E-state index contributed by atoms with van der Waals surface area (Å²) in [7, 11) is 0. The Kier molecular flexibility index (Phi) is 3.50. The van der Waals surface area contributed by atoms with Crippen LogP contribution in [0.3, 0.4) is 0 Å². The summed E-state index contributed by atoms with van der Waals surface area (Å²) in [5.74, 6) is 0.616. The number of nitrogens with zero attached hydrogens (tertiary/aromatic N) is 2. The Labute approximate surface area is 143 Å². The Bertz CT molecular complexity index is 770. The summed E-state index contributed by atoms with van der Waals surface area (Å²) < 4.78 is 0. The van der Waals surface area contributed by atoms with Gasteiger partial charge in [-0.15, -0.1) is 0 Å². The first-order chi connectivity index (χ1) is 11.5. The van der Waals surface area contributed by atoms with Crippen molar-refractivity contribution in [1.82, 2.24) is 9.80 Å². The van der Waals surface area contributed by atoms with Gasteiger partial charge in [0.15, 0.2) is 0 Å². The van der Waals surface area contributed by atoms with Crippen molar-refractivity contribution in [2.24, 2.45) is 5.92 Å². The fraction of sp³-hybridized carbons (Fsp3) is 0.381. The van der Waals surface area contributed by atoms with Gasteiger partial charge in [0.1, 0.15) is 5.66 Å². The molecule has 1 amide bonds. The monoisotopic (exact) mass is 320 g/mol. The van der Waals surface area contributed by atoms with E-state index in [9.17, 15) is 4.79 Å². The molecule has 2 aliphatic rings. The Morgan fingerprint density at radius 3 is 2.46 bits per heavy atom. The highest BCUT2D eigenvalue weighted by Gasteiger charge is 2.57. The topological polar surface area (TPSA) is 23.6 Å². The molecule has 2 aromatic carbocycles. The first-order valence-corrected chi connectivity index (χ1v) is 8.75. The molecule has 3 nitrogen and oxygen atoms in total. The van der Waals surface area contributed by atoms with E-state index in [0.29, 0.717) is 5.92 Å². The van der Waals surface area contributed by atoms with Crippen molar-refractivity contribution >= 4 is 5.91 Å². The fourth-order valence-corrected chi connectivity index (χ4v) is 4.35. The number of rotatable bonds is 3. The van der Waals surface area contributed by atoms with Crippen molar-refractivity contribution in [2.75, 3.05) is 6.54 Å². The molecule has 1 saturated heterocycles. The molecule has 0 aromatic heterocycles. The minimum Gasteiger partial charge on any atom is -0.312 e. The van der Waals surface area contributed by atoms with E-state index in [0.717, 1.165) is 24.2 Å². The predicted octanol–water partition coefficient (Wildman–Crippen LogP) is 3.86. The van der Waals surface area contributed by atoms with Crippen LogP contribution in [0.2, 0.25) is 0 Å². The first kappa shape index (κ1) is 15.4. The third-order valence-electron chi connectivity index (χ3n) is 5.70. The number of amides is 1. The van der Waals surface area contributed by atoms with Crippen LogP contribution in [0.25, 0.3) is 0 Å². The lowest BCUT2D eigenvalue weighted by Crippen LogP contribution is -2.47. The maximum Gasteiger partial charge on any atom is 0.256 e. The van der Waals surface area contributed by atoms with Crippen molar-refractivity contribution < 1.29 is 4.79 Å². The quantitative estimate of drug-likeness (QED) is 0.857. The lowest BCUT2D eigenvalue weighted by Gasteiger charge is -2.38. The third-order valence-corrected chi connectivity index (χ3v) is 5.70. The highest BCUT2D eigenvalue weighted by molar-refractivity contribution is 6.00. The van der Waals surface area contributed by atoms with Gasteiger partial charge in [-0.3, -0.25) is 9.69 Å². The number of carbonyl (C=O) groups is 1. The summed E-state index contributed by atoms with van der Waals surface area (Å²) in [6, 6.07) is 18.9. The van der Waals surface area contributed by atoms with Crippen LogP contribution >= 0.6 is 0 Å². The van der Waals surface area contributed by atoms with E-state index in [1.54, 1.807) is 0 Å². The Hall–Kier alpha value is -2.13. The zero-order chi connectivity index (χ0) is 16.9. The molecule has 0 aliphatic carbocycles. The van der Waals surface area contributed by atoms with Gasteiger partial charge in [0.2, 0.25) is 0 Å². The Balaban J connectivity index is 1.80. The molecular formula is C21H24N2O. The number of hydrogen-bond donors (Lipinski definition) is 0. The molecule has 1 fully saturated rings. The number of carbonyl (C=O) groups excluding carboxylic acids is 1. The molecule has 0 N–H and O–H groups in total. The van der Waals surface area contributed by atoms with Gasteiger partial charge in [-0.05, 0) is 24.5 Å². The molecule has 0 bridgehead atoms. The highest BCUT2D eigenvalue weighted by Crippen LogP contribution is 2.48. The van der Waals surface area contributed by atoms with Gasteiger partial charge in [0.25, 0.3) is 5.91 Å². The van der Waals surface area contributed by atoms with Crippen molar-refractivity contribution in [3.63, 3.8) is 0 Å². The second-order valence-corrected chi connectivity index (χ2v) is 7.42. The molecule has 2 aliphatic heterocycles. The Morgan fingerprint density at radius 2 is 1.75 bits per heavy atom. The van der Waals surface area contributed by atoms with Crippen LogP contribution < -0.4 is 0 Å². The molecule has 2 aromatic rings. The average Bonchev–Trinajstić information content (AvgIpc) is 3.00. The number of benzene rings is 2. The molecule has 4 rings (SSSR count). The maximum absolute atomic E-state index is 13.1. The van der Waals surface area contributed by atoms with Crippen LogP contribution in [0.1, 0.15) is 42.3 Å². The van der Waals surface area contributed by atoms with E-state index < -0.39 is 0 Å². The van der Waals surface area contributed by atoms with E-state index in [1.807, 2.05) is 24.3 Å². The molecule has 2 heterocycles. The van der Waals surface area contributed by atoms with Crippen LogP contribution in [0.15, 0.2) is 54.6 Å². The summed E-state index contributed by atoms with van der Waals surface area (Å²) in [6.07, 6.45) is 0. The van der Waals surface area contributed by atoms with Crippen molar-refractivity contribution in [3.05, 3.63) is 71.3 Å². The van der Waals surface area contributed by atoms with E-state index in [1.165, 1.54) is 5.56 Å². The van der Waals surface area contributed by atoms with Gasteiger partial charge in [0.05, 0.1) is 0 Å². The second-order valence-electron chi connectivity index (χ2n) is 7.42. The van der Waals surface area contributed by atoms with E-state index in [-0.39, 0.29) is 17.6 Å². The SMILES string of the molecule is CC(C)[C@H]1CN(Cc2ccccc2)[C@]2(C)c3ccccc3C(=O)N12. The normalized spacial score (nSPS) is 26.1. The molecule has 0 spiro atoms. The lowest BCUT2D eigenvalue weighted by molar-refractivity contribution is 0.0205.